The van der Waals surface area contributed by atoms with Crippen LogP contribution in [-0.2, 0) is 0 Å². The van der Waals surface area contributed by atoms with Crippen molar-refractivity contribution in [1.82, 2.24) is 4.90 Å². The SMILES string of the molecule is C=N/C(N)=C(\C1=C(C)CN(c2c(F)c(OC)cc(OC)c2F)C(=O)N1C)c1ccccc1. The predicted octanol–water partition coefficient (Wildman–Crippen LogP) is 4.16. The number of aliphatic imine (C=N–C) groups is 1. The van der Waals surface area contributed by atoms with Crippen molar-refractivity contribution in [3.05, 3.63) is 70.7 Å². The van der Waals surface area contributed by atoms with Crippen LogP contribution in [0.1, 0.15) is 12.5 Å². The van der Waals surface area contributed by atoms with Crippen LogP contribution in [0.15, 0.2) is 58.5 Å². The van der Waals surface area contributed by atoms with Crippen LogP contribution < -0.4 is 20.1 Å². The number of ether oxygens (including phenoxy) is 2. The molecule has 0 spiro atoms. The van der Waals surface area contributed by atoms with E-state index in [0.717, 1.165) is 16.5 Å². The fourth-order valence-corrected chi connectivity index (χ4v) is 3.70. The van der Waals surface area contributed by atoms with Gasteiger partial charge in [0.25, 0.3) is 0 Å². The van der Waals surface area contributed by atoms with Crippen molar-refractivity contribution < 1.29 is 23.0 Å². The standard InChI is InChI=1S/C23H24F2N4O3/c1-13-12-29(21-18(24)15(31-4)11-16(32-5)19(21)25)23(30)28(3)20(13)17(22(26)27-2)14-9-7-6-8-10-14/h6-11H,2,12,26H2,1,3-5H3/b22-17-. The maximum Gasteiger partial charge on any atom is 0.329 e. The highest BCUT2D eigenvalue weighted by Gasteiger charge is 2.36. The Balaban J connectivity index is 2.20. The molecule has 0 atom stereocenters. The number of carbonyl (C=O) groups excluding carboxylic acids is 1. The molecule has 9 heteroatoms. The number of likely N-dealkylation sites (N-methyl/N-ethyl adjacent to an activating group) is 1. The van der Waals surface area contributed by atoms with Crippen molar-refractivity contribution in [2.24, 2.45) is 10.7 Å². The van der Waals surface area contributed by atoms with Crippen molar-refractivity contribution in [2.75, 3.05) is 32.7 Å². The van der Waals surface area contributed by atoms with E-state index in [-0.39, 0.29) is 23.9 Å². The van der Waals surface area contributed by atoms with Crippen LogP contribution in [0.25, 0.3) is 5.57 Å². The highest BCUT2D eigenvalue weighted by atomic mass is 19.1. The summed E-state index contributed by atoms with van der Waals surface area (Å²) in [6.07, 6.45) is 0. The lowest BCUT2D eigenvalue weighted by molar-refractivity contribution is 0.223. The summed E-state index contributed by atoms with van der Waals surface area (Å²) in [7, 11) is 3.99. The van der Waals surface area contributed by atoms with Gasteiger partial charge in [-0.2, -0.15) is 0 Å². The molecule has 3 rings (SSSR count). The van der Waals surface area contributed by atoms with Crippen molar-refractivity contribution in [3.8, 4) is 11.5 Å². The first kappa shape index (κ1) is 22.8. The lowest BCUT2D eigenvalue weighted by atomic mass is 9.96. The molecule has 0 unspecified atom stereocenters. The number of allylic oxidation sites excluding steroid dienone is 1. The molecule has 1 heterocycles. The Kier molecular flexibility index (Phi) is 6.47. The maximum absolute atomic E-state index is 15.1. The van der Waals surface area contributed by atoms with E-state index in [1.54, 1.807) is 6.92 Å². The fourth-order valence-electron chi connectivity index (χ4n) is 3.70. The Morgan fingerprint density at radius 2 is 1.69 bits per heavy atom. The van der Waals surface area contributed by atoms with Crippen LogP contribution in [0.4, 0.5) is 19.3 Å². The van der Waals surface area contributed by atoms with Gasteiger partial charge in [-0.05, 0) is 24.8 Å². The van der Waals surface area contributed by atoms with Gasteiger partial charge in [0.05, 0.1) is 26.5 Å². The van der Waals surface area contributed by atoms with Gasteiger partial charge in [0.2, 0.25) is 0 Å². The molecule has 0 radical (unpaired) electrons. The quantitative estimate of drug-likeness (QED) is 0.682. The van der Waals surface area contributed by atoms with Crippen LogP contribution in [0.2, 0.25) is 0 Å². The van der Waals surface area contributed by atoms with Gasteiger partial charge in [-0.3, -0.25) is 9.80 Å². The number of hydrogen-bond donors (Lipinski definition) is 1. The first-order valence-electron chi connectivity index (χ1n) is 9.63. The van der Waals surface area contributed by atoms with Crippen LogP contribution in [0.3, 0.4) is 0 Å². The van der Waals surface area contributed by atoms with Crippen LogP contribution in [0, 0.1) is 11.6 Å². The molecule has 0 bridgehead atoms. The molecule has 32 heavy (non-hydrogen) atoms. The van der Waals surface area contributed by atoms with Gasteiger partial charge in [0.15, 0.2) is 23.1 Å². The summed E-state index contributed by atoms with van der Waals surface area (Å²) in [6.45, 7) is 5.15. The molecule has 2 aromatic rings. The average Bonchev–Trinajstić information content (AvgIpc) is 2.80. The van der Waals surface area contributed by atoms with Gasteiger partial charge in [0.1, 0.15) is 11.5 Å². The predicted molar refractivity (Wildman–Crippen MR) is 120 cm³/mol. The van der Waals surface area contributed by atoms with Gasteiger partial charge in [0, 0.05) is 18.7 Å². The van der Waals surface area contributed by atoms with Crippen molar-refractivity contribution in [2.45, 2.75) is 6.92 Å². The summed E-state index contributed by atoms with van der Waals surface area (Å²) < 4.78 is 40.1. The number of halogens is 2. The molecule has 0 aliphatic carbocycles. The van der Waals surface area contributed by atoms with Gasteiger partial charge in [-0.25, -0.2) is 18.6 Å². The van der Waals surface area contributed by atoms with E-state index in [1.807, 2.05) is 30.3 Å². The summed E-state index contributed by atoms with van der Waals surface area (Å²) in [4.78, 5) is 19.5. The van der Waals surface area contributed by atoms with Crippen molar-refractivity contribution >= 4 is 24.0 Å². The molecule has 2 amide bonds. The number of hydrogen-bond acceptors (Lipinski definition) is 5. The van der Waals surface area contributed by atoms with Gasteiger partial charge >= 0.3 is 6.03 Å². The smallest absolute Gasteiger partial charge is 0.329 e. The van der Waals surface area contributed by atoms with E-state index >= 15 is 8.78 Å². The van der Waals surface area contributed by atoms with Crippen LogP contribution >= 0.6 is 0 Å². The zero-order valence-corrected chi connectivity index (χ0v) is 18.3. The summed E-state index contributed by atoms with van der Waals surface area (Å²) in [5.74, 6) is -2.37. The molecular formula is C23H24F2N4O3. The van der Waals surface area contributed by atoms with Gasteiger partial charge in [-0.1, -0.05) is 30.3 Å². The normalized spacial score (nSPS) is 15.0. The number of carbonyl (C=O) groups is 1. The van der Waals surface area contributed by atoms with Crippen molar-refractivity contribution in [1.29, 1.82) is 0 Å². The Labute approximate surface area is 185 Å². The van der Waals surface area contributed by atoms with Gasteiger partial charge < -0.3 is 15.2 Å². The number of urea groups is 1. The highest BCUT2D eigenvalue weighted by Crippen LogP contribution is 2.41. The number of methoxy groups -OCH3 is 2. The number of nitrogens with two attached hydrogens (primary N) is 1. The zero-order valence-electron chi connectivity index (χ0n) is 18.3. The third-order valence-corrected chi connectivity index (χ3v) is 5.20. The highest BCUT2D eigenvalue weighted by molar-refractivity contribution is 5.99. The summed E-state index contributed by atoms with van der Waals surface area (Å²) in [6, 6.07) is 9.57. The first-order valence-corrected chi connectivity index (χ1v) is 9.63. The van der Waals surface area contributed by atoms with E-state index in [9.17, 15) is 4.79 Å². The minimum atomic E-state index is -1.00. The van der Waals surface area contributed by atoms with E-state index in [2.05, 4.69) is 11.7 Å². The minimum Gasteiger partial charge on any atom is -0.493 e. The summed E-state index contributed by atoms with van der Waals surface area (Å²) >= 11 is 0. The number of anilines is 1. The Hall–Kier alpha value is -3.88. The topological polar surface area (TPSA) is 80.4 Å². The Morgan fingerprint density at radius 1 is 1.12 bits per heavy atom. The third-order valence-electron chi connectivity index (χ3n) is 5.20. The summed E-state index contributed by atoms with van der Waals surface area (Å²) in [5, 5.41) is 0. The van der Waals surface area contributed by atoms with E-state index in [4.69, 9.17) is 15.2 Å². The molecule has 168 valence electrons. The second-order valence-electron chi connectivity index (χ2n) is 7.10. The number of benzene rings is 2. The van der Waals surface area contributed by atoms with Crippen molar-refractivity contribution in [3.63, 3.8) is 0 Å². The molecule has 0 aromatic heterocycles. The lowest BCUT2D eigenvalue weighted by Crippen LogP contribution is -2.47. The monoisotopic (exact) mass is 442 g/mol. The molecule has 2 N–H and O–H groups in total. The average molecular weight is 442 g/mol. The Morgan fingerprint density at radius 3 is 2.19 bits per heavy atom. The van der Waals surface area contributed by atoms with E-state index < -0.39 is 23.4 Å². The lowest BCUT2D eigenvalue weighted by Gasteiger charge is -2.37. The maximum atomic E-state index is 15.1. The van der Waals surface area contributed by atoms with Gasteiger partial charge in [-0.15, -0.1) is 0 Å². The van der Waals surface area contributed by atoms with E-state index in [1.165, 1.54) is 26.2 Å². The second-order valence-corrected chi connectivity index (χ2v) is 7.10. The second kappa shape index (κ2) is 9.09. The third kappa shape index (κ3) is 3.77. The molecule has 2 aromatic carbocycles. The number of nitrogens with zero attached hydrogens (tertiary/aromatic N) is 3. The molecular weight excluding hydrogens is 418 g/mol. The number of rotatable bonds is 6. The molecule has 0 saturated heterocycles. The number of amides is 2. The molecule has 0 fully saturated rings. The minimum absolute atomic E-state index is 0.0938. The summed E-state index contributed by atoms with van der Waals surface area (Å²) in [5.41, 5.74) is 7.91. The molecule has 0 saturated carbocycles. The largest absolute Gasteiger partial charge is 0.493 e. The van der Waals surface area contributed by atoms with Crippen LogP contribution in [0.5, 0.6) is 11.5 Å². The Bertz CT molecular complexity index is 1100. The molecule has 1 aliphatic rings. The first-order chi connectivity index (χ1) is 15.3. The molecule has 1 aliphatic heterocycles. The van der Waals surface area contributed by atoms with Crippen LogP contribution in [-0.4, -0.2) is 45.5 Å². The zero-order chi connectivity index (χ0) is 23.6. The van der Waals surface area contributed by atoms with E-state index in [0.29, 0.717) is 16.8 Å². The fraction of sp³-hybridized carbons (Fsp3) is 0.217. The molecule has 7 nitrogen and oxygen atoms in total.